The van der Waals surface area contributed by atoms with Gasteiger partial charge in [0.2, 0.25) is 5.91 Å². The van der Waals surface area contributed by atoms with E-state index in [2.05, 4.69) is 10.6 Å². The first-order chi connectivity index (χ1) is 10.2. The van der Waals surface area contributed by atoms with E-state index in [9.17, 15) is 14.0 Å². The van der Waals surface area contributed by atoms with Gasteiger partial charge in [0, 0.05) is 16.5 Å². The van der Waals surface area contributed by atoms with Crippen LogP contribution in [0.2, 0.25) is 0 Å². The molecule has 0 bridgehead atoms. The number of halogens is 1. The molecule has 0 aliphatic carbocycles. The summed E-state index contributed by atoms with van der Waals surface area (Å²) in [6, 6.07) is 4.50. The minimum atomic E-state index is -0.544. The van der Waals surface area contributed by atoms with E-state index in [1.807, 2.05) is 20.8 Å². The van der Waals surface area contributed by atoms with Gasteiger partial charge in [0.05, 0.1) is 6.54 Å². The Morgan fingerprint density at radius 3 is 2.55 bits per heavy atom. The van der Waals surface area contributed by atoms with E-state index in [4.69, 9.17) is 4.42 Å². The van der Waals surface area contributed by atoms with Crippen molar-refractivity contribution in [3.05, 3.63) is 35.3 Å². The van der Waals surface area contributed by atoms with Crippen LogP contribution in [-0.2, 0) is 4.79 Å². The van der Waals surface area contributed by atoms with Crippen LogP contribution in [0.15, 0.2) is 22.6 Å². The van der Waals surface area contributed by atoms with Gasteiger partial charge in [-0.1, -0.05) is 12.1 Å². The van der Waals surface area contributed by atoms with Gasteiger partial charge in [0.1, 0.15) is 0 Å². The lowest BCUT2D eigenvalue weighted by molar-refractivity contribution is -0.121. The Bertz CT molecular complexity index is 729. The van der Waals surface area contributed by atoms with Crippen LogP contribution in [0, 0.1) is 12.7 Å². The highest BCUT2D eigenvalue weighted by Crippen LogP contribution is 2.27. The van der Waals surface area contributed by atoms with Crippen LogP contribution in [-0.4, -0.2) is 23.9 Å². The van der Waals surface area contributed by atoms with Crippen molar-refractivity contribution in [2.24, 2.45) is 0 Å². The predicted molar refractivity (Wildman–Crippen MR) is 81.1 cm³/mol. The summed E-state index contributed by atoms with van der Waals surface area (Å²) in [4.78, 5) is 23.8. The van der Waals surface area contributed by atoms with Crippen molar-refractivity contribution in [1.82, 2.24) is 10.6 Å². The van der Waals surface area contributed by atoms with Gasteiger partial charge < -0.3 is 15.1 Å². The van der Waals surface area contributed by atoms with Gasteiger partial charge in [0.15, 0.2) is 17.2 Å². The number of carbonyl (C=O) groups excluding carboxylic acids is 2. The van der Waals surface area contributed by atoms with E-state index in [0.717, 1.165) is 0 Å². The average Bonchev–Trinajstić information content (AvgIpc) is 2.73. The highest BCUT2D eigenvalue weighted by atomic mass is 19.1. The van der Waals surface area contributed by atoms with Crippen LogP contribution < -0.4 is 10.6 Å². The molecule has 0 spiro atoms. The molecule has 0 fully saturated rings. The van der Waals surface area contributed by atoms with Crippen LogP contribution in [0.5, 0.6) is 0 Å². The average molecular weight is 306 g/mol. The number of hydrogen-bond acceptors (Lipinski definition) is 3. The molecule has 1 aromatic carbocycles. The normalized spacial score (nSPS) is 11.5. The van der Waals surface area contributed by atoms with Crippen LogP contribution in [0.25, 0.3) is 11.0 Å². The fourth-order valence-corrected chi connectivity index (χ4v) is 2.13. The zero-order valence-corrected chi connectivity index (χ0v) is 13.0. The summed E-state index contributed by atoms with van der Waals surface area (Å²) in [7, 11) is 0. The third-order valence-electron chi connectivity index (χ3n) is 3.05. The summed E-state index contributed by atoms with van der Waals surface area (Å²) in [5.41, 5.74) is 0.216. The Morgan fingerprint density at radius 1 is 1.27 bits per heavy atom. The van der Waals surface area contributed by atoms with Crippen molar-refractivity contribution < 1.29 is 18.4 Å². The first-order valence-corrected chi connectivity index (χ1v) is 6.96. The number of aryl methyl sites for hydroxylation is 1. The SMILES string of the molecule is Cc1c(C(=O)NCC(=O)NC(C)(C)C)oc2c(F)cccc12. The second-order valence-corrected chi connectivity index (χ2v) is 6.15. The number of para-hydroxylation sites is 1. The van der Waals surface area contributed by atoms with Crippen LogP contribution >= 0.6 is 0 Å². The van der Waals surface area contributed by atoms with Gasteiger partial charge in [0.25, 0.3) is 5.91 Å². The fourth-order valence-electron chi connectivity index (χ4n) is 2.13. The molecule has 5 nitrogen and oxygen atoms in total. The standard InChI is InChI=1S/C16H19FN2O3/c1-9-10-6-5-7-11(17)14(10)22-13(9)15(21)18-8-12(20)19-16(2,3)4/h5-7H,8H2,1-4H3,(H,18,21)(H,19,20). The van der Waals surface area contributed by atoms with Crippen molar-refractivity contribution in [2.75, 3.05) is 6.54 Å². The minimum absolute atomic E-state index is 0.0173. The Labute approximate surface area is 127 Å². The zero-order valence-electron chi connectivity index (χ0n) is 13.0. The van der Waals surface area contributed by atoms with Gasteiger partial charge in [-0.25, -0.2) is 4.39 Å². The largest absolute Gasteiger partial charge is 0.448 e. The molecule has 22 heavy (non-hydrogen) atoms. The minimum Gasteiger partial charge on any atom is -0.448 e. The molecular formula is C16H19FN2O3. The van der Waals surface area contributed by atoms with E-state index in [1.54, 1.807) is 19.1 Å². The van der Waals surface area contributed by atoms with Gasteiger partial charge in [-0.3, -0.25) is 9.59 Å². The molecule has 0 aliphatic rings. The number of carbonyl (C=O) groups is 2. The second kappa shape index (κ2) is 5.79. The molecule has 2 N–H and O–H groups in total. The maximum atomic E-state index is 13.7. The topological polar surface area (TPSA) is 71.3 Å². The summed E-state index contributed by atoms with van der Waals surface area (Å²) < 4.78 is 19.0. The predicted octanol–water partition coefficient (Wildman–Crippen LogP) is 2.52. The molecule has 2 aromatic rings. The lowest BCUT2D eigenvalue weighted by Crippen LogP contribution is -2.45. The first-order valence-electron chi connectivity index (χ1n) is 6.96. The molecule has 0 saturated heterocycles. The summed E-state index contributed by atoms with van der Waals surface area (Å²) in [6.07, 6.45) is 0. The number of fused-ring (bicyclic) bond motifs is 1. The lowest BCUT2D eigenvalue weighted by Gasteiger charge is -2.20. The molecule has 0 atom stereocenters. The number of benzene rings is 1. The highest BCUT2D eigenvalue weighted by molar-refractivity contribution is 6.00. The summed E-state index contributed by atoms with van der Waals surface area (Å²) in [5, 5.41) is 5.75. The van der Waals surface area contributed by atoms with E-state index in [0.29, 0.717) is 10.9 Å². The molecule has 0 saturated carbocycles. The molecular weight excluding hydrogens is 287 g/mol. The number of nitrogens with one attached hydrogen (secondary N) is 2. The highest BCUT2D eigenvalue weighted by Gasteiger charge is 2.20. The molecule has 2 amide bonds. The van der Waals surface area contributed by atoms with Crippen LogP contribution in [0.4, 0.5) is 4.39 Å². The monoisotopic (exact) mass is 306 g/mol. The number of hydrogen-bond donors (Lipinski definition) is 2. The molecule has 0 unspecified atom stereocenters. The smallest absolute Gasteiger partial charge is 0.287 e. The first kappa shape index (κ1) is 16.0. The van der Waals surface area contributed by atoms with Gasteiger partial charge in [-0.2, -0.15) is 0 Å². The Kier molecular flexibility index (Phi) is 4.21. The Morgan fingerprint density at radius 2 is 1.95 bits per heavy atom. The van der Waals surface area contributed by atoms with E-state index in [-0.39, 0.29) is 29.3 Å². The molecule has 1 aromatic heterocycles. The molecule has 6 heteroatoms. The summed E-state index contributed by atoms with van der Waals surface area (Å²) >= 11 is 0. The maximum Gasteiger partial charge on any atom is 0.287 e. The second-order valence-electron chi connectivity index (χ2n) is 6.15. The van der Waals surface area contributed by atoms with Crippen molar-refractivity contribution in [2.45, 2.75) is 33.2 Å². The van der Waals surface area contributed by atoms with E-state index >= 15 is 0 Å². The van der Waals surface area contributed by atoms with Gasteiger partial charge in [-0.15, -0.1) is 0 Å². The summed E-state index contributed by atoms with van der Waals surface area (Å²) in [6.45, 7) is 7.04. The third kappa shape index (κ3) is 3.44. The van der Waals surface area contributed by atoms with E-state index < -0.39 is 11.7 Å². The third-order valence-corrected chi connectivity index (χ3v) is 3.05. The molecule has 118 valence electrons. The molecule has 2 rings (SSSR count). The fraction of sp³-hybridized carbons (Fsp3) is 0.375. The van der Waals surface area contributed by atoms with Crippen LogP contribution in [0.3, 0.4) is 0 Å². The quantitative estimate of drug-likeness (QED) is 0.915. The van der Waals surface area contributed by atoms with Gasteiger partial charge in [-0.05, 0) is 33.8 Å². The van der Waals surface area contributed by atoms with E-state index in [1.165, 1.54) is 6.07 Å². The van der Waals surface area contributed by atoms with Crippen molar-refractivity contribution in [3.63, 3.8) is 0 Å². The van der Waals surface area contributed by atoms with Crippen molar-refractivity contribution >= 4 is 22.8 Å². The van der Waals surface area contributed by atoms with Crippen LogP contribution in [0.1, 0.15) is 36.9 Å². The molecule has 1 heterocycles. The number of rotatable bonds is 3. The van der Waals surface area contributed by atoms with Crippen molar-refractivity contribution in [3.8, 4) is 0 Å². The maximum absolute atomic E-state index is 13.7. The number of amides is 2. The van der Waals surface area contributed by atoms with Gasteiger partial charge >= 0.3 is 0 Å². The lowest BCUT2D eigenvalue weighted by atomic mass is 10.1. The molecule has 0 radical (unpaired) electrons. The Hall–Kier alpha value is -2.37. The van der Waals surface area contributed by atoms with Crippen molar-refractivity contribution in [1.29, 1.82) is 0 Å². The number of furan rings is 1. The zero-order chi connectivity index (χ0) is 16.5. The Balaban J connectivity index is 2.12. The molecule has 0 aliphatic heterocycles. The summed E-state index contributed by atoms with van der Waals surface area (Å²) in [5.74, 6) is -1.35.